The highest BCUT2D eigenvalue weighted by atomic mass is 35.5. The van der Waals surface area contributed by atoms with Crippen LogP contribution in [-0.2, 0) is 17.6 Å². The van der Waals surface area contributed by atoms with Gasteiger partial charge in [-0.15, -0.1) is 0 Å². The van der Waals surface area contributed by atoms with Crippen LogP contribution in [0.25, 0.3) is 0 Å². The topological polar surface area (TPSA) is 17.1 Å². The maximum atomic E-state index is 11.9. The second kappa shape index (κ2) is 6.53. The molecule has 0 saturated heterocycles. The van der Waals surface area contributed by atoms with Gasteiger partial charge < -0.3 is 0 Å². The Morgan fingerprint density at radius 1 is 1.05 bits per heavy atom. The third kappa shape index (κ3) is 4.22. The van der Waals surface area contributed by atoms with Crippen molar-refractivity contribution < 1.29 is 4.79 Å². The van der Waals surface area contributed by atoms with E-state index >= 15 is 0 Å². The van der Waals surface area contributed by atoms with Gasteiger partial charge in [0, 0.05) is 17.9 Å². The third-order valence-electron chi connectivity index (χ3n) is 3.16. The molecule has 0 aromatic heterocycles. The van der Waals surface area contributed by atoms with Gasteiger partial charge in [-0.25, -0.2) is 0 Å². The smallest absolute Gasteiger partial charge is 0.137 e. The summed E-state index contributed by atoms with van der Waals surface area (Å²) < 4.78 is 0. The fourth-order valence-corrected chi connectivity index (χ4v) is 2.18. The lowest BCUT2D eigenvalue weighted by Crippen LogP contribution is -2.04. The Balaban J connectivity index is 1.88. The summed E-state index contributed by atoms with van der Waals surface area (Å²) in [6, 6.07) is 15.8. The van der Waals surface area contributed by atoms with Crippen LogP contribution < -0.4 is 0 Å². The predicted octanol–water partition coefficient (Wildman–Crippen LogP) is 4.39. The maximum Gasteiger partial charge on any atom is 0.137 e. The quantitative estimate of drug-likeness (QED) is 0.789. The molecule has 98 valence electrons. The van der Waals surface area contributed by atoms with Crippen LogP contribution in [-0.4, -0.2) is 5.78 Å². The van der Waals surface area contributed by atoms with Gasteiger partial charge in [-0.05, 0) is 30.5 Å². The lowest BCUT2D eigenvalue weighted by Gasteiger charge is -2.04. The molecule has 19 heavy (non-hydrogen) atoms. The lowest BCUT2D eigenvalue weighted by atomic mass is 10.0. The molecule has 0 radical (unpaired) electrons. The molecule has 2 rings (SSSR count). The van der Waals surface area contributed by atoms with Crippen LogP contribution in [0.15, 0.2) is 48.5 Å². The molecule has 2 aromatic carbocycles. The fraction of sp³-hybridized carbons (Fsp3) is 0.235. The fourth-order valence-electron chi connectivity index (χ4n) is 1.98. The van der Waals surface area contributed by atoms with E-state index in [1.54, 1.807) is 0 Å². The molecule has 0 saturated carbocycles. The Morgan fingerprint density at radius 2 is 1.74 bits per heavy atom. The molecule has 1 nitrogen and oxygen atoms in total. The predicted molar refractivity (Wildman–Crippen MR) is 79.7 cm³/mol. The van der Waals surface area contributed by atoms with Crippen molar-refractivity contribution in [1.29, 1.82) is 0 Å². The van der Waals surface area contributed by atoms with Gasteiger partial charge in [-0.2, -0.15) is 0 Å². The first-order chi connectivity index (χ1) is 9.15. The van der Waals surface area contributed by atoms with Gasteiger partial charge in [0.2, 0.25) is 0 Å². The Labute approximate surface area is 119 Å². The van der Waals surface area contributed by atoms with E-state index in [4.69, 9.17) is 11.6 Å². The Morgan fingerprint density at radius 3 is 2.42 bits per heavy atom. The molecule has 0 unspecified atom stereocenters. The molecule has 2 heteroatoms. The van der Waals surface area contributed by atoms with Gasteiger partial charge in [0.1, 0.15) is 5.78 Å². The van der Waals surface area contributed by atoms with Crippen LogP contribution in [0.2, 0.25) is 5.02 Å². The number of hydrogen-bond acceptors (Lipinski definition) is 1. The third-order valence-corrected chi connectivity index (χ3v) is 3.53. The SMILES string of the molecule is Cc1ccc(CCC(=O)Cc2ccccc2Cl)cc1. The van der Waals surface area contributed by atoms with Crippen molar-refractivity contribution in [2.24, 2.45) is 0 Å². The average molecular weight is 273 g/mol. The van der Waals surface area contributed by atoms with Gasteiger partial charge in [0.05, 0.1) is 0 Å². The number of Topliss-reactive ketones (excluding diaryl/α,β-unsaturated/α-hetero) is 1. The molecule has 0 atom stereocenters. The van der Waals surface area contributed by atoms with E-state index in [2.05, 4.69) is 31.2 Å². The van der Waals surface area contributed by atoms with E-state index in [9.17, 15) is 4.79 Å². The van der Waals surface area contributed by atoms with Gasteiger partial charge in [0.25, 0.3) is 0 Å². The van der Waals surface area contributed by atoms with Gasteiger partial charge in [0.15, 0.2) is 0 Å². The van der Waals surface area contributed by atoms with Crippen molar-refractivity contribution in [2.75, 3.05) is 0 Å². The molecule has 0 heterocycles. The number of halogens is 1. The van der Waals surface area contributed by atoms with Crippen LogP contribution in [0.3, 0.4) is 0 Å². The monoisotopic (exact) mass is 272 g/mol. The zero-order chi connectivity index (χ0) is 13.7. The number of benzene rings is 2. The van der Waals surface area contributed by atoms with E-state index in [0.29, 0.717) is 17.9 Å². The number of hydrogen-bond donors (Lipinski definition) is 0. The molecule has 0 aliphatic rings. The molecule has 0 spiro atoms. The highest BCUT2D eigenvalue weighted by Gasteiger charge is 2.07. The number of aryl methyl sites for hydroxylation is 2. The van der Waals surface area contributed by atoms with Gasteiger partial charge in [-0.3, -0.25) is 4.79 Å². The Bertz CT molecular complexity index is 558. The standard InChI is InChI=1S/C17H17ClO/c1-13-6-8-14(9-7-13)10-11-16(19)12-15-4-2-3-5-17(15)18/h2-9H,10-12H2,1H3. The minimum atomic E-state index is 0.230. The van der Waals surface area contributed by atoms with E-state index in [-0.39, 0.29) is 5.78 Å². The van der Waals surface area contributed by atoms with E-state index in [1.807, 2.05) is 24.3 Å². The van der Waals surface area contributed by atoms with Crippen molar-refractivity contribution in [1.82, 2.24) is 0 Å². The minimum absolute atomic E-state index is 0.230. The normalized spacial score (nSPS) is 10.4. The first-order valence-corrected chi connectivity index (χ1v) is 6.83. The molecule has 0 aliphatic carbocycles. The van der Waals surface area contributed by atoms with Gasteiger partial charge in [-0.1, -0.05) is 59.6 Å². The Kier molecular flexibility index (Phi) is 4.75. The van der Waals surface area contributed by atoms with Crippen molar-refractivity contribution >= 4 is 17.4 Å². The summed E-state index contributed by atoms with van der Waals surface area (Å²) in [6.45, 7) is 2.06. The molecule has 0 fully saturated rings. The first-order valence-electron chi connectivity index (χ1n) is 6.46. The number of rotatable bonds is 5. The van der Waals surface area contributed by atoms with Crippen LogP contribution in [0.1, 0.15) is 23.1 Å². The summed E-state index contributed by atoms with van der Waals surface area (Å²) in [6.07, 6.45) is 1.78. The van der Waals surface area contributed by atoms with Crippen LogP contribution in [0.4, 0.5) is 0 Å². The van der Waals surface area contributed by atoms with Crippen molar-refractivity contribution in [3.05, 3.63) is 70.2 Å². The summed E-state index contributed by atoms with van der Waals surface area (Å²) in [7, 11) is 0. The van der Waals surface area contributed by atoms with Crippen molar-refractivity contribution in [2.45, 2.75) is 26.2 Å². The number of ketones is 1. The molecule has 0 bridgehead atoms. The summed E-state index contributed by atoms with van der Waals surface area (Å²) in [5.74, 6) is 0.230. The molecule has 2 aromatic rings. The molecule has 0 amide bonds. The zero-order valence-electron chi connectivity index (χ0n) is 11.0. The highest BCUT2D eigenvalue weighted by molar-refractivity contribution is 6.31. The Hall–Kier alpha value is -1.60. The second-order valence-electron chi connectivity index (χ2n) is 4.79. The summed E-state index contributed by atoms with van der Waals surface area (Å²) in [5, 5.41) is 0.672. The average Bonchev–Trinajstić information content (AvgIpc) is 2.41. The largest absolute Gasteiger partial charge is 0.299 e. The summed E-state index contributed by atoms with van der Waals surface area (Å²) in [4.78, 5) is 11.9. The van der Waals surface area contributed by atoms with Crippen LogP contribution in [0, 0.1) is 6.92 Å². The summed E-state index contributed by atoms with van der Waals surface area (Å²) >= 11 is 6.05. The van der Waals surface area contributed by atoms with E-state index in [0.717, 1.165) is 12.0 Å². The lowest BCUT2D eigenvalue weighted by molar-refractivity contribution is -0.118. The van der Waals surface area contributed by atoms with Crippen molar-refractivity contribution in [3.8, 4) is 0 Å². The number of carbonyl (C=O) groups excluding carboxylic acids is 1. The zero-order valence-corrected chi connectivity index (χ0v) is 11.8. The molecular weight excluding hydrogens is 256 g/mol. The number of carbonyl (C=O) groups is 1. The molecule has 0 N–H and O–H groups in total. The molecule has 0 aliphatic heterocycles. The van der Waals surface area contributed by atoms with Crippen molar-refractivity contribution in [3.63, 3.8) is 0 Å². The van der Waals surface area contributed by atoms with E-state index in [1.165, 1.54) is 11.1 Å². The first kappa shape index (κ1) is 13.8. The summed E-state index contributed by atoms with van der Waals surface area (Å²) in [5.41, 5.74) is 3.36. The van der Waals surface area contributed by atoms with Gasteiger partial charge >= 0.3 is 0 Å². The van der Waals surface area contributed by atoms with Crippen LogP contribution >= 0.6 is 11.6 Å². The second-order valence-corrected chi connectivity index (χ2v) is 5.20. The molecular formula is C17H17ClO. The minimum Gasteiger partial charge on any atom is -0.299 e. The highest BCUT2D eigenvalue weighted by Crippen LogP contribution is 2.16. The maximum absolute atomic E-state index is 11.9. The van der Waals surface area contributed by atoms with Crippen LogP contribution in [0.5, 0.6) is 0 Å². The van der Waals surface area contributed by atoms with E-state index < -0.39 is 0 Å².